The van der Waals surface area contributed by atoms with Crippen LogP contribution in [0.5, 0.6) is 5.75 Å². The van der Waals surface area contributed by atoms with Gasteiger partial charge in [0.25, 0.3) is 0 Å². The minimum Gasteiger partial charge on any atom is -0.443 e. The van der Waals surface area contributed by atoms with E-state index in [0.29, 0.717) is 11.4 Å². The largest absolute Gasteiger partial charge is 0.443 e. The van der Waals surface area contributed by atoms with E-state index >= 15 is 0 Å². The summed E-state index contributed by atoms with van der Waals surface area (Å²) in [5, 5.41) is 4.30. The van der Waals surface area contributed by atoms with Crippen molar-refractivity contribution >= 4 is 28.2 Å². The molecule has 0 atom stereocenters. The van der Waals surface area contributed by atoms with Gasteiger partial charge in [0.15, 0.2) is 0 Å². The predicted octanol–water partition coefficient (Wildman–Crippen LogP) is 3.43. The summed E-state index contributed by atoms with van der Waals surface area (Å²) in [6, 6.07) is 17.4. The highest BCUT2D eigenvalue weighted by Crippen LogP contribution is 2.19. The van der Waals surface area contributed by atoms with E-state index in [2.05, 4.69) is 10.1 Å². The maximum Gasteiger partial charge on any atom is 0.434 e. The second kappa shape index (κ2) is 10.2. The Morgan fingerprint density at radius 2 is 1.68 bits per heavy atom. The van der Waals surface area contributed by atoms with Crippen LogP contribution in [0.15, 0.2) is 105 Å². The molecule has 0 bridgehead atoms. The van der Waals surface area contributed by atoms with Crippen LogP contribution in [0.2, 0.25) is 0 Å². The molecule has 2 aromatic carbocycles. The number of para-hydroxylation sites is 1. The minimum absolute atomic E-state index is 0.0843. The lowest BCUT2D eigenvalue weighted by molar-refractivity contribution is -0.700. The third-order valence-electron chi connectivity index (χ3n) is 4.00. The van der Waals surface area contributed by atoms with Crippen molar-refractivity contribution in [2.75, 3.05) is 6.26 Å². The number of ether oxygens (including phenoxy) is 1. The van der Waals surface area contributed by atoms with Crippen molar-refractivity contribution in [1.82, 2.24) is 3.97 Å². The molecule has 7 nitrogen and oxygen atoms in total. The van der Waals surface area contributed by atoms with Gasteiger partial charge in [0.1, 0.15) is 29.2 Å². The fourth-order valence-electron chi connectivity index (χ4n) is 2.52. The Bertz CT molecular complexity index is 1260. The summed E-state index contributed by atoms with van der Waals surface area (Å²) < 4.78 is 34.9. The van der Waals surface area contributed by atoms with Crippen molar-refractivity contribution in [3.63, 3.8) is 0 Å². The first kappa shape index (κ1) is 22.5. The van der Waals surface area contributed by atoms with E-state index in [-0.39, 0.29) is 9.79 Å². The molecule has 0 radical (unpaired) electrons. The second-order valence-electron chi connectivity index (χ2n) is 6.62. The lowest BCUT2D eigenvalue weighted by atomic mass is 10.3. The van der Waals surface area contributed by atoms with Gasteiger partial charge in [0.2, 0.25) is 16.2 Å². The fourth-order valence-corrected chi connectivity index (χ4v) is 4.37. The highest BCUT2D eigenvalue weighted by molar-refractivity contribution is 7.97. The molecule has 0 aliphatic rings. The molecule has 0 aliphatic carbocycles. The monoisotopic (exact) mass is 455 g/mol. The topological polar surface area (TPSA) is 76.9 Å². The predicted molar refractivity (Wildman–Crippen MR) is 121 cm³/mol. The van der Waals surface area contributed by atoms with E-state index in [9.17, 15) is 8.42 Å². The van der Waals surface area contributed by atoms with Gasteiger partial charge in [-0.2, -0.15) is 3.97 Å². The smallest absolute Gasteiger partial charge is 0.434 e. The maximum atomic E-state index is 13.2. The fraction of sp³-hybridized carbons (Fsp3) is 0.136. The molecule has 160 valence electrons. The molecule has 0 saturated carbocycles. The summed E-state index contributed by atoms with van der Waals surface area (Å²) in [6.07, 6.45) is 7.74. The molecule has 0 saturated heterocycles. The third-order valence-corrected chi connectivity index (χ3v) is 6.38. The van der Waals surface area contributed by atoms with Gasteiger partial charge in [-0.15, -0.1) is 4.68 Å². The van der Waals surface area contributed by atoms with Crippen molar-refractivity contribution in [2.45, 2.75) is 23.6 Å². The van der Waals surface area contributed by atoms with E-state index in [1.165, 1.54) is 35.4 Å². The molecule has 9 heteroatoms. The highest BCUT2D eigenvalue weighted by atomic mass is 32.2. The Labute approximate surface area is 186 Å². The summed E-state index contributed by atoms with van der Waals surface area (Å²) >= 11 is 1.31. The van der Waals surface area contributed by atoms with Crippen LogP contribution in [-0.4, -0.2) is 25.0 Å². The lowest BCUT2D eigenvalue weighted by Crippen LogP contribution is -2.51. The van der Waals surface area contributed by atoms with Crippen LogP contribution in [0.25, 0.3) is 0 Å². The van der Waals surface area contributed by atoms with E-state index in [0.717, 1.165) is 5.57 Å². The molecule has 3 rings (SSSR count). The van der Waals surface area contributed by atoms with Crippen molar-refractivity contribution < 1.29 is 17.8 Å². The number of rotatable bonds is 7. The van der Waals surface area contributed by atoms with Crippen LogP contribution in [0.4, 0.5) is 0 Å². The van der Waals surface area contributed by atoms with E-state index < -0.39 is 9.84 Å². The molecule has 1 aromatic heterocycles. The van der Waals surface area contributed by atoms with Gasteiger partial charge >= 0.3 is 5.62 Å². The Balaban J connectivity index is 2.14. The van der Waals surface area contributed by atoms with Gasteiger partial charge in [0, 0.05) is 18.2 Å². The number of nitrogens with zero attached hydrogens (tertiary/aromatic N) is 4. The lowest BCUT2D eigenvalue weighted by Gasteiger charge is -2.06. The van der Waals surface area contributed by atoms with Gasteiger partial charge in [-0.3, -0.25) is 0 Å². The zero-order chi connectivity index (χ0) is 22.3. The van der Waals surface area contributed by atoms with Crippen LogP contribution in [0.3, 0.4) is 0 Å². The molecule has 31 heavy (non-hydrogen) atoms. The Kier molecular flexibility index (Phi) is 7.43. The van der Waals surface area contributed by atoms with E-state index in [1.807, 2.05) is 38.3 Å². The Morgan fingerprint density at radius 3 is 2.29 bits per heavy atom. The Morgan fingerprint density at radius 1 is 1.03 bits per heavy atom. The SMILES string of the molecule is CSn1cc(S(=O)(=O)c2ccccc2)c[n+](/N=C/Oc2ccccc2)c1=NC=C(C)C. The zero-order valence-corrected chi connectivity index (χ0v) is 19.0. The van der Waals surface area contributed by atoms with Gasteiger partial charge in [-0.1, -0.05) is 46.5 Å². The number of aromatic nitrogens is 2. The standard InChI is InChI=1S/C22H23N4O3S2/c1-18(2)14-23-22-25(24-17-29-19-10-6-4-7-11-19)15-21(16-26(22)30-3)31(27,28)20-12-8-5-9-13-20/h4-17H,1-3H3/q+1/b23-22?,24-17+. The molecular formula is C22H23N4O3S2+. The molecular weight excluding hydrogens is 432 g/mol. The Hall–Kier alpha value is -3.17. The van der Waals surface area contributed by atoms with E-state index in [1.54, 1.807) is 52.6 Å². The van der Waals surface area contributed by atoms with Gasteiger partial charge in [-0.05, 0) is 43.7 Å². The molecule has 0 aliphatic heterocycles. The molecule has 0 spiro atoms. The first-order valence-electron chi connectivity index (χ1n) is 9.36. The molecule has 0 fully saturated rings. The number of sulfone groups is 1. The first-order chi connectivity index (χ1) is 14.9. The summed E-state index contributed by atoms with van der Waals surface area (Å²) in [4.78, 5) is 4.76. The second-order valence-corrected chi connectivity index (χ2v) is 9.33. The average molecular weight is 456 g/mol. The normalized spacial score (nSPS) is 12.2. The van der Waals surface area contributed by atoms with Crippen LogP contribution in [0.1, 0.15) is 13.8 Å². The third kappa shape index (κ3) is 5.71. The van der Waals surface area contributed by atoms with Gasteiger partial charge < -0.3 is 4.74 Å². The average Bonchev–Trinajstić information content (AvgIpc) is 2.78. The molecule has 3 aromatic rings. The zero-order valence-electron chi connectivity index (χ0n) is 17.4. The maximum absolute atomic E-state index is 13.2. The molecule has 1 heterocycles. The van der Waals surface area contributed by atoms with Crippen molar-refractivity contribution in [3.8, 4) is 5.75 Å². The number of hydrogen-bond donors (Lipinski definition) is 0. The number of benzene rings is 2. The summed E-state index contributed by atoms with van der Waals surface area (Å²) in [5.41, 5.74) is 1.42. The van der Waals surface area contributed by atoms with Crippen LogP contribution >= 0.6 is 11.9 Å². The minimum atomic E-state index is -3.75. The summed E-state index contributed by atoms with van der Waals surface area (Å²) in [7, 11) is -3.75. The van der Waals surface area contributed by atoms with Crippen molar-refractivity contribution in [2.24, 2.45) is 10.1 Å². The van der Waals surface area contributed by atoms with Crippen LogP contribution in [0, 0.1) is 0 Å². The van der Waals surface area contributed by atoms with Crippen molar-refractivity contribution in [1.29, 1.82) is 0 Å². The summed E-state index contributed by atoms with van der Waals surface area (Å²) in [6.45, 7) is 3.85. The molecule has 0 unspecified atom stereocenters. The van der Waals surface area contributed by atoms with Gasteiger partial charge in [-0.25, -0.2) is 8.42 Å². The first-order valence-corrected chi connectivity index (χ1v) is 12.0. The summed E-state index contributed by atoms with van der Waals surface area (Å²) in [5.74, 6) is 0.612. The highest BCUT2D eigenvalue weighted by Gasteiger charge is 2.23. The number of allylic oxidation sites excluding steroid dienone is 1. The van der Waals surface area contributed by atoms with Crippen LogP contribution < -0.4 is 15.0 Å². The molecule has 0 amide bonds. The van der Waals surface area contributed by atoms with Gasteiger partial charge in [0.05, 0.1) is 4.90 Å². The quantitative estimate of drug-likeness (QED) is 0.311. The van der Waals surface area contributed by atoms with Crippen LogP contribution in [-0.2, 0) is 9.84 Å². The van der Waals surface area contributed by atoms with E-state index in [4.69, 9.17) is 4.74 Å². The van der Waals surface area contributed by atoms with Crippen molar-refractivity contribution in [3.05, 3.63) is 90.4 Å². The molecule has 0 N–H and O–H groups in total. The number of hydrogen-bond acceptors (Lipinski definition) is 6.